The van der Waals surface area contributed by atoms with Crippen molar-refractivity contribution >= 4 is 5.91 Å². The lowest BCUT2D eigenvalue weighted by Gasteiger charge is -2.08. The zero-order chi connectivity index (χ0) is 13.8. The summed E-state index contributed by atoms with van der Waals surface area (Å²) in [5, 5.41) is 11.4. The van der Waals surface area contributed by atoms with Gasteiger partial charge in [-0.05, 0) is 47.9 Å². The molecular formula is C16H14N2O. The summed E-state index contributed by atoms with van der Waals surface area (Å²) in [6.45, 7) is 1.97. The van der Waals surface area contributed by atoms with E-state index in [2.05, 4.69) is 11.4 Å². The van der Waals surface area contributed by atoms with Crippen LogP contribution in [0.5, 0.6) is 0 Å². The van der Waals surface area contributed by atoms with Crippen molar-refractivity contribution in [3.05, 3.63) is 59.2 Å². The molecule has 2 rings (SSSR count). The number of amides is 1. The Labute approximate surface area is 112 Å². The second kappa shape index (κ2) is 5.36. The van der Waals surface area contributed by atoms with E-state index in [4.69, 9.17) is 5.26 Å². The summed E-state index contributed by atoms with van der Waals surface area (Å²) >= 11 is 0. The number of nitrogens with zero attached hydrogens (tertiary/aromatic N) is 1. The highest BCUT2D eigenvalue weighted by molar-refractivity contribution is 5.94. The Hall–Kier alpha value is -2.60. The van der Waals surface area contributed by atoms with Crippen LogP contribution in [-0.2, 0) is 0 Å². The molecule has 1 amide bonds. The van der Waals surface area contributed by atoms with Gasteiger partial charge in [-0.3, -0.25) is 4.79 Å². The molecule has 0 aromatic heterocycles. The number of aryl methyl sites for hydroxylation is 1. The molecule has 0 unspecified atom stereocenters. The Bertz CT molecular complexity index is 651. The maximum atomic E-state index is 11.5. The van der Waals surface area contributed by atoms with Gasteiger partial charge in [0.25, 0.3) is 5.91 Å². The highest BCUT2D eigenvalue weighted by Crippen LogP contribution is 2.24. The third-order valence-corrected chi connectivity index (χ3v) is 3.04. The van der Waals surface area contributed by atoms with Gasteiger partial charge in [-0.15, -0.1) is 0 Å². The molecule has 0 saturated heterocycles. The van der Waals surface area contributed by atoms with Crippen LogP contribution in [0.25, 0.3) is 11.1 Å². The number of hydrogen-bond acceptors (Lipinski definition) is 2. The van der Waals surface area contributed by atoms with Gasteiger partial charge < -0.3 is 5.32 Å². The van der Waals surface area contributed by atoms with Crippen LogP contribution in [0.4, 0.5) is 0 Å². The summed E-state index contributed by atoms with van der Waals surface area (Å²) in [6.07, 6.45) is 0. The molecule has 0 bridgehead atoms. The summed E-state index contributed by atoms with van der Waals surface area (Å²) in [4.78, 5) is 11.5. The van der Waals surface area contributed by atoms with E-state index >= 15 is 0 Å². The molecule has 3 nitrogen and oxygen atoms in total. The molecule has 2 aromatic rings. The SMILES string of the molecule is CNC(=O)c1ccc(-c2ccc(C#N)cc2)c(C)c1. The van der Waals surface area contributed by atoms with Crippen molar-refractivity contribution in [2.45, 2.75) is 6.92 Å². The summed E-state index contributed by atoms with van der Waals surface area (Å²) in [5.74, 6) is -0.0884. The first kappa shape index (κ1) is 12.8. The molecule has 0 aliphatic carbocycles. The van der Waals surface area contributed by atoms with Gasteiger partial charge in [0.2, 0.25) is 0 Å². The van der Waals surface area contributed by atoms with Gasteiger partial charge in [0.1, 0.15) is 0 Å². The molecule has 0 aliphatic rings. The van der Waals surface area contributed by atoms with Crippen LogP contribution in [0, 0.1) is 18.3 Å². The third kappa shape index (κ3) is 2.63. The molecule has 0 spiro atoms. The lowest BCUT2D eigenvalue weighted by molar-refractivity contribution is 0.0963. The Balaban J connectivity index is 2.40. The second-order valence-electron chi connectivity index (χ2n) is 4.30. The van der Waals surface area contributed by atoms with E-state index in [9.17, 15) is 4.79 Å². The average molecular weight is 250 g/mol. The van der Waals surface area contributed by atoms with Crippen LogP contribution in [-0.4, -0.2) is 13.0 Å². The molecular weight excluding hydrogens is 236 g/mol. The van der Waals surface area contributed by atoms with Gasteiger partial charge in [0.05, 0.1) is 11.6 Å². The minimum absolute atomic E-state index is 0.0884. The van der Waals surface area contributed by atoms with Crippen LogP contribution >= 0.6 is 0 Å². The molecule has 0 atom stereocenters. The van der Waals surface area contributed by atoms with E-state index < -0.39 is 0 Å². The lowest BCUT2D eigenvalue weighted by Crippen LogP contribution is -2.17. The van der Waals surface area contributed by atoms with Crippen molar-refractivity contribution in [3.8, 4) is 17.2 Å². The van der Waals surface area contributed by atoms with Crippen molar-refractivity contribution < 1.29 is 4.79 Å². The van der Waals surface area contributed by atoms with E-state index in [1.165, 1.54) is 0 Å². The van der Waals surface area contributed by atoms with Crippen molar-refractivity contribution in [3.63, 3.8) is 0 Å². The largest absolute Gasteiger partial charge is 0.355 e. The molecule has 1 N–H and O–H groups in total. The Kier molecular flexibility index (Phi) is 3.63. The van der Waals surface area contributed by atoms with Gasteiger partial charge in [-0.25, -0.2) is 0 Å². The van der Waals surface area contributed by atoms with Crippen LogP contribution in [0.3, 0.4) is 0 Å². The lowest BCUT2D eigenvalue weighted by atomic mass is 9.97. The Morgan fingerprint density at radius 1 is 1.16 bits per heavy atom. The predicted molar refractivity (Wildman–Crippen MR) is 74.7 cm³/mol. The first-order valence-corrected chi connectivity index (χ1v) is 5.99. The van der Waals surface area contributed by atoms with Gasteiger partial charge in [0, 0.05) is 12.6 Å². The summed E-state index contributed by atoms with van der Waals surface area (Å²) < 4.78 is 0. The zero-order valence-electron chi connectivity index (χ0n) is 10.9. The molecule has 0 saturated carbocycles. The van der Waals surface area contributed by atoms with Gasteiger partial charge in [-0.2, -0.15) is 5.26 Å². The maximum absolute atomic E-state index is 11.5. The highest BCUT2D eigenvalue weighted by atomic mass is 16.1. The third-order valence-electron chi connectivity index (χ3n) is 3.04. The summed E-state index contributed by atoms with van der Waals surface area (Å²) in [6, 6.07) is 15.1. The minimum atomic E-state index is -0.0884. The smallest absolute Gasteiger partial charge is 0.251 e. The topological polar surface area (TPSA) is 52.9 Å². The fraction of sp³-hybridized carbons (Fsp3) is 0.125. The fourth-order valence-electron chi connectivity index (χ4n) is 2.00. The van der Waals surface area contributed by atoms with Crippen LogP contribution in [0.2, 0.25) is 0 Å². The average Bonchev–Trinajstić information content (AvgIpc) is 2.46. The van der Waals surface area contributed by atoms with E-state index in [1.54, 1.807) is 25.2 Å². The van der Waals surface area contributed by atoms with E-state index in [1.807, 2.05) is 31.2 Å². The number of benzene rings is 2. The normalized spacial score (nSPS) is 9.74. The molecule has 2 aromatic carbocycles. The summed E-state index contributed by atoms with van der Waals surface area (Å²) in [7, 11) is 1.62. The van der Waals surface area contributed by atoms with Crippen LogP contribution in [0.15, 0.2) is 42.5 Å². The number of nitriles is 1. The number of rotatable bonds is 2. The van der Waals surface area contributed by atoms with Gasteiger partial charge in [-0.1, -0.05) is 18.2 Å². The summed E-state index contributed by atoms with van der Waals surface area (Å²) in [5.41, 5.74) is 4.43. The van der Waals surface area contributed by atoms with Crippen LogP contribution in [0.1, 0.15) is 21.5 Å². The molecule has 0 radical (unpaired) electrons. The van der Waals surface area contributed by atoms with E-state index in [0.717, 1.165) is 16.7 Å². The highest BCUT2D eigenvalue weighted by Gasteiger charge is 2.07. The molecule has 0 aliphatic heterocycles. The molecule has 94 valence electrons. The van der Waals surface area contributed by atoms with Gasteiger partial charge >= 0.3 is 0 Å². The van der Waals surface area contributed by atoms with Crippen molar-refractivity contribution in [1.29, 1.82) is 5.26 Å². The van der Waals surface area contributed by atoms with Gasteiger partial charge in [0.15, 0.2) is 0 Å². The maximum Gasteiger partial charge on any atom is 0.251 e. The van der Waals surface area contributed by atoms with E-state index in [0.29, 0.717) is 11.1 Å². The van der Waals surface area contributed by atoms with Crippen molar-refractivity contribution in [2.75, 3.05) is 7.05 Å². The van der Waals surface area contributed by atoms with Crippen LogP contribution < -0.4 is 5.32 Å². The Morgan fingerprint density at radius 3 is 2.37 bits per heavy atom. The predicted octanol–water partition coefficient (Wildman–Crippen LogP) is 2.89. The van der Waals surface area contributed by atoms with Crippen molar-refractivity contribution in [2.24, 2.45) is 0 Å². The fourth-order valence-corrected chi connectivity index (χ4v) is 2.00. The standard InChI is InChI=1S/C16H14N2O/c1-11-9-14(16(19)18-2)7-8-15(11)13-5-3-12(10-17)4-6-13/h3-9H,1-2H3,(H,18,19). The quantitative estimate of drug-likeness (QED) is 0.891. The zero-order valence-corrected chi connectivity index (χ0v) is 10.9. The number of nitrogens with one attached hydrogen (secondary N) is 1. The van der Waals surface area contributed by atoms with E-state index in [-0.39, 0.29) is 5.91 Å². The number of carbonyl (C=O) groups is 1. The first-order valence-electron chi connectivity index (χ1n) is 5.99. The molecule has 19 heavy (non-hydrogen) atoms. The molecule has 3 heteroatoms. The molecule has 0 fully saturated rings. The van der Waals surface area contributed by atoms with Crippen molar-refractivity contribution in [1.82, 2.24) is 5.32 Å². The Morgan fingerprint density at radius 2 is 1.84 bits per heavy atom. The number of hydrogen-bond donors (Lipinski definition) is 1. The molecule has 0 heterocycles. The number of carbonyl (C=O) groups excluding carboxylic acids is 1. The second-order valence-corrected chi connectivity index (χ2v) is 4.30. The monoisotopic (exact) mass is 250 g/mol. The first-order chi connectivity index (χ1) is 9.15. The minimum Gasteiger partial charge on any atom is -0.355 e.